The lowest BCUT2D eigenvalue weighted by atomic mass is 10.0. The maximum atomic E-state index is 12.3. The SMILES string of the molecule is CC(NC(=O)CN=C1NS(=O)(=O)c2ccccc21)c1ccc2ccccc2c1. The van der Waals surface area contributed by atoms with Crippen molar-refractivity contribution in [2.24, 2.45) is 4.99 Å². The maximum Gasteiger partial charge on any atom is 0.263 e. The number of benzene rings is 3. The van der Waals surface area contributed by atoms with Gasteiger partial charge in [-0.15, -0.1) is 0 Å². The molecule has 2 N–H and O–H groups in total. The average molecular weight is 393 g/mol. The summed E-state index contributed by atoms with van der Waals surface area (Å²) < 4.78 is 26.6. The summed E-state index contributed by atoms with van der Waals surface area (Å²) in [6, 6.07) is 20.5. The lowest BCUT2D eigenvalue weighted by Crippen LogP contribution is -2.30. The molecule has 3 aromatic carbocycles. The van der Waals surface area contributed by atoms with Gasteiger partial charge in [0.05, 0.1) is 10.9 Å². The Morgan fingerprint density at radius 2 is 1.75 bits per heavy atom. The molecule has 1 atom stereocenters. The van der Waals surface area contributed by atoms with E-state index in [1.165, 1.54) is 6.07 Å². The van der Waals surface area contributed by atoms with Crippen molar-refractivity contribution in [1.29, 1.82) is 0 Å². The van der Waals surface area contributed by atoms with E-state index >= 15 is 0 Å². The molecular weight excluding hydrogens is 374 g/mol. The van der Waals surface area contributed by atoms with Crippen molar-refractivity contribution in [3.63, 3.8) is 0 Å². The second kappa shape index (κ2) is 7.09. The molecular formula is C21H19N3O3S. The molecule has 142 valence electrons. The van der Waals surface area contributed by atoms with Crippen LogP contribution >= 0.6 is 0 Å². The lowest BCUT2D eigenvalue weighted by molar-refractivity contribution is -0.120. The van der Waals surface area contributed by atoms with Gasteiger partial charge in [0.15, 0.2) is 0 Å². The van der Waals surface area contributed by atoms with E-state index in [1.807, 2.05) is 49.4 Å². The molecule has 0 aromatic heterocycles. The summed E-state index contributed by atoms with van der Waals surface area (Å²) in [6.07, 6.45) is 0. The van der Waals surface area contributed by atoms with Gasteiger partial charge in [0, 0.05) is 5.56 Å². The smallest absolute Gasteiger partial charge is 0.263 e. The fraction of sp³-hybridized carbons (Fsp3) is 0.143. The average Bonchev–Trinajstić information content (AvgIpc) is 2.96. The van der Waals surface area contributed by atoms with E-state index < -0.39 is 10.0 Å². The Balaban J connectivity index is 1.46. The number of hydrogen-bond acceptors (Lipinski definition) is 4. The summed E-state index contributed by atoms with van der Waals surface area (Å²) in [5, 5.41) is 5.16. The van der Waals surface area contributed by atoms with E-state index in [1.54, 1.807) is 18.2 Å². The van der Waals surface area contributed by atoms with E-state index in [0.717, 1.165) is 16.3 Å². The molecule has 1 unspecified atom stereocenters. The normalized spacial score (nSPS) is 17.1. The third kappa shape index (κ3) is 3.48. The summed E-state index contributed by atoms with van der Waals surface area (Å²) in [7, 11) is -3.60. The van der Waals surface area contributed by atoms with Crippen LogP contribution in [0.3, 0.4) is 0 Å². The fourth-order valence-electron chi connectivity index (χ4n) is 3.25. The Bertz CT molecular complexity index is 1200. The highest BCUT2D eigenvalue weighted by molar-refractivity contribution is 7.90. The zero-order valence-electron chi connectivity index (χ0n) is 15.2. The molecule has 6 nitrogen and oxygen atoms in total. The van der Waals surface area contributed by atoms with E-state index in [2.05, 4.69) is 15.0 Å². The summed E-state index contributed by atoms with van der Waals surface area (Å²) >= 11 is 0. The van der Waals surface area contributed by atoms with Gasteiger partial charge in [0.1, 0.15) is 12.4 Å². The quantitative estimate of drug-likeness (QED) is 0.714. The molecule has 1 aliphatic rings. The molecule has 1 amide bonds. The minimum absolute atomic E-state index is 0.163. The molecule has 0 aliphatic carbocycles. The van der Waals surface area contributed by atoms with Crippen molar-refractivity contribution in [3.8, 4) is 0 Å². The van der Waals surface area contributed by atoms with Crippen LogP contribution in [0.4, 0.5) is 0 Å². The third-order valence-corrected chi connectivity index (χ3v) is 6.09. The monoisotopic (exact) mass is 393 g/mol. The number of fused-ring (bicyclic) bond motifs is 2. The highest BCUT2D eigenvalue weighted by Crippen LogP contribution is 2.22. The molecule has 7 heteroatoms. The number of carbonyl (C=O) groups excluding carboxylic acids is 1. The van der Waals surface area contributed by atoms with E-state index in [0.29, 0.717) is 5.56 Å². The molecule has 0 bridgehead atoms. The molecule has 1 heterocycles. The number of hydrogen-bond donors (Lipinski definition) is 2. The number of carbonyl (C=O) groups is 1. The van der Waals surface area contributed by atoms with Crippen molar-refractivity contribution in [2.75, 3.05) is 6.54 Å². The van der Waals surface area contributed by atoms with Crippen molar-refractivity contribution in [2.45, 2.75) is 17.9 Å². The van der Waals surface area contributed by atoms with Crippen LogP contribution in [0.1, 0.15) is 24.1 Å². The summed E-state index contributed by atoms with van der Waals surface area (Å²) in [6.45, 7) is 1.74. The van der Waals surface area contributed by atoms with Crippen molar-refractivity contribution in [3.05, 3.63) is 77.9 Å². The standard InChI is InChI=1S/C21H19N3O3S/c1-14(16-11-10-15-6-2-3-7-17(15)12-16)23-20(25)13-22-21-18-8-4-5-9-19(18)28(26,27)24-21/h2-12,14H,13H2,1H3,(H,22,24)(H,23,25). The number of sulfonamides is 1. The van der Waals surface area contributed by atoms with E-state index in [-0.39, 0.29) is 29.2 Å². The molecule has 0 radical (unpaired) electrons. The van der Waals surface area contributed by atoms with Crippen LogP contribution in [-0.2, 0) is 14.8 Å². The van der Waals surface area contributed by atoms with E-state index in [9.17, 15) is 13.2 Å². The first kappa shape index (κ1) is 18.2. The highest BCUT2D eigenvalue weighted by Gasteiger charge is 2.30. The van der Waals surface area contributed by atoms with Crippen LogP contribution in [-0.4, -0.2) is 26.7 Å². The van der Waals surface area contributed by atoms with Gasteiger partial charge in [-0.25, -0.2) is 8.42 Å². The van der Waals surface area contributed by atoms with Gasteiger partial charge in [-0.3, -0.25) is 14.5 Å². The summed E-state index contributed by atoms with van der Waals surface area (Å²) in [5.41, 5.74) is 1.48. The van der Waals surface area contributed by atoms with Crippen LogP contribution in [0.15, 0.2) is 76.6 Å². The Morgan fingerprint density at radius 3 is 2.57 bits per heavy atom. The van der Waals surface area contributed by atoms with Crippen molar-refractivity contribution >= 4 is 32.5 Å². The second-order valence-electron chi connectivity index (χ2n) is 6.66. The number of nitrogens with one attached hydrogen (secondary N) is 2. The van der Waals surface area contributed by atoms with Gasteiger partial charge in [-0.05, 0) is 41.5 Å². The van der Waals surface area contributed by atoms with Gasteiger partial charge >= 0.3 is 0 Å². The van der Waals surface area contributed by atoms with E-state index in [4.69, 9.17) is 0 Å². The fourth-order valence-corrected chi connectivity index (χ4v) is 4.50. The molecule has 0 spiro atoms. The largest absolute Gasteiger partial charge is 0.348 e. The molecule has 1 aliphatic heterocycles. The van der Waals surface area contributed by atoms with Crippen molar-refractivity contribution < 1.29 is 13.2 Å². The summed E-state index contributed by atoms with van der Waals surface area (Å²) in [4.78, 5) is 16.7. The highest BCUT2D eigenvalue weighted by atomic mass is 32.2. The molecule has 0 saturated heterocycles. The molecule has 28 heavy (non-hydrogen) atoms. The minimum atomic E-state index is -3.60. The maximum absolute atomic E-state index is 12.3. The predicted molar refractivity (Wildman–Crippen MR) is 109 cm³/mol. The van der Waals surface area contributed by atoms with Gasteiger partial charge in [0.2, 0.25) is 5.91 Å². The van der Waals surface area contributed by atoms with Crippen LogP contribution in [0.5, 0.6) is 0 Å². The number of rotatable bonds is 4. The molecule has 3 aromatic rings. The van der Waals surface area contributed by atoms with Crippen LogP contribution in [0, 0.1) is 0 Å². The third-order valence-electron chi connectivity index (χ3n) is 4.69. The Labute approximate surface area is 163 Å². The predicted octanol–water partition coefficient (Wildman–Crippen LogP) is 2.76. The van der Waals surface area contributed by atoms with Gasteiger partial charge in [0.25, 0.3) is 10.0 Å². The molecule has 4 rings (SSSR count). The molecule has 0 saturated carbocycles. The topological polar surface area (TPSA) is 87.6 Å². The number of nitrogens with zero attached hydrogens (tertiary/aromatic N) is 1. The van der Waals surface area contributed by atoms with Crippen molar-refractivity contribution in [1.82, 2.24) is 10.0 Å². The second-order valence-corrected chi connectivity index (χ2v) is 8.31. The number of amides is 1. The zero-order chi connectivity index (χ0) is 19.7. The Morgan fingerprint density at radius 1 is 1.04 bits per heavy atom. The van der Waals surface area contributed by atoms with Gasteiger partial charge in [-0.1, -0.05) is 48.5 Å². The molecule has 0 fully saturated rings. The zero-order valence-corrected chi connectivity index (χ0v) is 16.0. The summed E-state index contributed by atoms with van der Waals surface area (Å²) in [5.74, 6) is -0.0826. The first-order valence-electron chi connectivity index (χ1n) is 8.89. The lowest BCUT2D eigenvalue weighted by Gasteiger charge is -2.14. The van der Waals surface area contributed by atoms with Crippen LogP contribution < -0.4 is 10.0 Å². The van der Waals surface area contributed by atoms with Gasteiger partial charge < -0.3 is 5.32 Å². The first-order chi connectivity index (χ1) is 13.4. The Hall–Kier alpha value is -3.19. The first-order valence-corrected chi connectivity index (χ1v) is 10.4. The van der Waals surface area contributed by atoms with Gasteiger partial charge in [-0.2, -0.15) is 0 Å². The number of aliphatic imine (C=N–C) groups is 1. The minimum Gasteiger partial charge on any atom is -0.348 e. The van der Waals surface area contributed by atoms with Crippen LogP contribution in [0.25, 0.3) is 10.8 Å². The van der Waals surface area contributed by atoms with Crippen LogP contribution in [0.2, 0.25) is 0 Å². The Kier molecular flexibility index (Phi) is 4.60. The number of amidine groups is 1.